The van der Waals surface area contributed by atoms with Crippen LogP contribution >= 0.6 is 0 Å². The molecule has 8 unspecified atom stereocenters. The molecule has 0 aromatic heterocycles. The van der Waals surface area contributed by atoms with Gasteiger partial charge in [-0.15, -0.1) is 0 Å². The van der Waals surface area contributed by atoms with E-state index in [1.54, 1.807) is 27.7 Å². The van der Waals surface area contributed by atoms with Gasteiger partial charge in [0, 0.05) is 43.5 Å². The highest BCUT2D eigenvalue weighted by Gasteiger charge is 2.54. The fraction of sp³-hybridized carbons (Fsp3) is 0.977. The average molecular weight is 831 g/mol. The van der Waals surface area contributed by atoms with Crippen molar-refractivity contribution in [2.24, 2.45) is 23.7 Å². The lowest BCUT2D eigenvalue weighted by atomic mass is 9.71. The molecule has 0 spiro atoms. The lowest BCUT2D eigenvalue weighted by Crippen LogP contribution is -2.62. The van der Waals surface area contributed by atoms with E-state index in [9.17, 15) is 30.3 Å². The lowest BCUT2D eigenvalue weighted by molar-refractivity contribution is -0.318. The van der Waals surface area contributed by atoms with Crippen molar-refractivity contribution in [3.63, 3.8) is 0 Å². The number of methoxy groups -OCH3 is 1. The third-order valence-electron chi connectivity index (χ3n) is 14.7. The summed E-state index contributed by atoms with van der Waals surface area (Å²) in [6.45, 7) is 18.1. The topological polar surface area (TPSA) is 180 Å². The Bertz CT molecular complexity index is 1300. The van der Waals surface area contributed by atoms with Crippen molar-refractivity contribution in [1.29, 1.82) is 0 Å². The van der Waals surface area contributed by atoms with E-state index in [2.05, 4.69) is 18.9 Å². The number of cyclic esters (lactones) is 1. The number of hydrogen-bond acceptors (Lipinski definition) is 14. The summed E-state index contributed by atoms with van der Waals surface area (Å²) in [5, 5.41) is 60.1. The fourth-order valence-corrected chi connectivity index (χ4v) is 11.1. The molecule has 1 aliphatic carbocycles. The van der Waals surface area contributed by atoms with E-state index < -0.39 is 95.8 Å². The summed E-state index contributed by atoms with van der Waals surface area (Å²) in [5.74, 6) is -3.18. The first-order valence-corrected chi connectivity index (χ1v) is 22.2. The van der Waals surface area contributed by atoms with Crippen LogP contribution in [0.2, 0.25) is 0 Å². The highest BCUT2D eigenvalue weighted by Crippen LogP contribution is 2.43. The van der Waals surface area contributed by atoms with Crippen LogP contribution in [0.25, 0.3) is 0 Å². The molecule has 0 aromatic rings. The maximum atomic E-state index is 14.4. The standard InChI is InChI=1S/C44H82N2O12/c1-15-32-44(10,52)37(48)26(4)34(46(13)30-19-17-16-18-20-30)24(2)22-42(8,51)39(58-41-35(47)31(45(11)12)21-25(3)54-41)27(5)36(28(6)40(50)56-32)57-33-23-43(9,53-14)38(49)29(7)55-33/h24-39,41,47-49,51-52H,15-23H2,1-14H3/t24-,25?,26+,27+,28-,29?,31?,32-,33?,34+,35?,36+,37-,38?,39-,41?,42-,43?,44-/m1/s1. The molecule has 0 radical (unpaired) electrons. The maximum absolute atomic E-state index is 14.4. The van der Waals surface area contributed by atoms with Crippen molar-refractivity contribution in [3.05, 3.63) is 0 Å². The van der Waals surface area contributed by atoms with Crippen LogP contribution in [0.4, 0.5) is 0 Å². The zero-order chi connectivity index (χ0) is 43.7. The molecule has 0 aromatic carbocycles. The predicted octanol–water partition coefficient (Wildman–Crippen LogP) is 3.85. The van der Waals surface area contributed by atoms with Crippen molar-refractivity contribution in [2.75, 3.05) is 28.3 Å². The largest absolute Gasteiger partial charge is 0.459 e. The van der Waals surface area contributed by atoms with E-state index in [1.807, 2.05) is 46.7 Å². The predicted molar refractivity (Wildman–Crippen MR) is 220 cm³/mol. The van der Waals surface area contributed by atoms with E-state index in [-0.39, 0.29) is 49.4 Å². The Morgan fingerprint density at radius 3 is 2.03 bits per heavy atom. The molecule has 19 atom stereocenters. The number of carbonyl (C=O) groups excluding carboxylic acids is 1. The zero-order valence-corrected chi connectivity index (χ0v) is 38.2. The summed E-state index contributed by atoms with van der Waals surface area (Å²) < 4.78 is 38.2. The molecule has 3 aliphatic heterocycles. The number of ether oxygens (including phenoxy) is 6. The first-order chi connectivity index (χ1) is 26.9. The van der Waals surface area contributed by atoms with Crippen LogP contribution in [0.5, 0.6) is 0 Å². The number of carbonyl (C=O) groups is 1. The van der Waals surface area contributed by atoms with Crippen molar-refractivity contribution in [1.82, 2.24) is 9.80 Å². The van der Waals surface area contributed by atoms with Gasteiger partial charge in [-0.05, 0) is 101 Å². The van der Waals surface area contributed by atoms with Crippen molar-refractivity contribution in [2.45, 2.75) is 223 Å². The smallest absolute Gasteiger partial charge is 0.311 e. The van der Waals surface area contributed by atoms with Gasteiger partial charge in [0.05, 0.1) is 47.6 Å². The van der Waals surface area contributed by atoms with Gasteiger partial charge in [-0.2, -0.15) is 0 Å². The monoisotopic (exact) mass is 831 g/mol. The summed E-state index contributed by atoms with van der Waals surface area (Å²) >= 11 is 0. The summed E-state index contributed by atoms with van der Waals surface area (Å²) in [7, 11) is 7.40. The van der Waals surface area contributed by atoms with Crippen LogP contribution < -0.4 is 0 Å². The second-order valence-electron chi connectivity index (χ2n) is 19.7. The Labute approximate surface area is 349 Å². The van der Waals surface area contributed by atoms with Gasteiger partial charge in [0.1, 0.15) is 23.9 Å². The van der Waals surface area contributed by atoms with Gasteiger partial charge in [0.15, 0.2) is 12.6 Å². The first-order valence-electron chi connectivity index (χ1n) is 22.2. The molecule has 14 nitrogen and oxygen atoms in total. The Morgan fingerprint density at radius 1 is 0.845 bits per heavy atom. The third-order valence-corrected chi connectivity index (χ3v) is 14.7. The molecule has 3 saturated heterocycles. The number of likely N-dealkylation sites (N-methyl/N-ethyl adjacent to an activating group) is 1. The number of nitrogens with zero attached hydrogens (tertiary/aromatic N) is 2. The molecule has 340 valence electrons. The Hall–Kier alpha value is -1.01. The molecule has 0 amide bonds. The van der Waals surface area contributed by atoms with Crippen molar-refractivity contribution >= 4 is 5.97 Å². The highest BCUT2D eigenvalue weighted by molar-refractivity contribution is 5.73. The van der Waals surface area contributed by atoms with Crippen LogP contribution in [0.3, 0.4) is 0 Å². The average Bonchev–Trinajstić information content (AvgIpc) is 3.16. The van der Waals surface area contributed by atoms with Crippen molar-refractivity contribution in [3.8, 4) is 0 Å². The van der Waals surface area contributed by atoms with E-state index in [4.69, 9.17) is 28.4 Å². The quantitative estimate of drug-likeness (QED) is 0.212. The SMILES string of the molecule is CC[C@H]1OC(=O)[C@H](C)[C@@H](OC2CC(C)(OC)C(O)C(C)O2)[C@H](C)[C@@H](OC2OC(C)CC(N(C)C)C2O)[C@](C)(O)C[C@@H](C)[C@H](N(C)C2CCCCC2)[C@H](C)[C@@H](O)[C@]1(C)O. The molecule has 58 heavy (non-hydrogen) atoms. The van der Waals surface area contributed by atoms with Gasteiger partial charge in [-0.25, -0.2) is 0 Å². The van der Waals surface area contributed by atoms with E-state index in [0.29, 0.717) is 6.42 Å². The van der Waals surface area contributed by atoms with Gasteiger partial charge in [0.2, 0.25) is 0 Å². The molecule has 5 N–H and O–H groups in total. The molecule has 4 aliphatic rings. The summed E-state index contributed by atoms with van der Waals surface area (Å²) in [6, 6.07) is -0.338. The summed E-state index contributed by atoms with van der Waals surface area (Å²) in [5.41, 5.74) is -4.46. The Kier molecular flexibility index (Phi) is 17.1. The van der Waals surface area contributed by atoms with Gasteiger partial charge in [0.25, 0.3) is 0 Å². The van der Waals surface area contributed by atoms with Crippen LogP contribution in [0.15, 0.2) is 0 Å². The van der Waals surface area contributed by atoms with Gasteiger partial charge in [-0.3, -0.25) is 9.69 Å². The molecule has 4 rings (SSSR count). The van der Waals surface area contributed by atoms with Gasteiger partial charge >= 0.3 is 5.97 Å². The molecule has 0 bridgehead atoms. The van der Waals surface area contributed by atoms with E-state index in [1.165, 1.54) is 20.5 Å². The molecule has 14 heteroatoms. The minimum Gasteiger partial charge on any atom is -0.459 e. The highest BCUT2D eigenvalue weighted by atomic mass is 16.7. The Morgan fingerprint density at radius 2 is 1.47 bits per heavy atom. The summed E-state index contributed by atoms with van der Waals surface area (Å²) in [4.78, 5) is 18.7. The maximum Gasteiger partial charge on any atom is 0.311 e. The number of esters is 1. The lowest BCUT2D eigenvalue weighted by Gasteiger charge is -2.51. The van der Waals surface area contributed by atoms with Gasteiger partial charge < -0.3 is 58.9 Å². The van der Waals surface area contributed by atoms with E-state index in [0.717, 1.165) is 25.7 Å². The normalized spacial score (nSPS) is 48.5. The first kappa shape index (κ1) is 49.6. The third kappa shape index (κ3) is 10.8. The summed E-state index contributed by atoms with van der Waals surface area (Å²) in [6.07, 6.45) is -2.89. The van der Waals surface area contributed by atoms with Crippen LogP contribution in [0, 0.1) is 23.7 Å². The van der Waals surface area contributed by atoms with Crippen LogP contribution in [-0.2, 0) is 33.2 Å². The zero-order valence-electron chi connectivity index (χ0n) is 38.2. The number of aliphatic hydroxyl groups is 5. The minimum atomic E-state index is -1.82. The molecule has 4 fully saturated rings. The molecular formula is C44H82N2O12. The number of rotatable bonds is 9. The van der Waals surface area contributed by atoms with Crippen LogP contribution in [0.1, 0.15) is 127 Å². The second kappa shape index (κ2) is 20.0. The van der Waals surface area contributed by atoms with Gasteiger partial charge in [-0.1, -0.05) is 47.0 Å². The molecular weight excluding hydrogens is 748 g/mol. The fourth-order valence-electron chi connectivity index (χ4n) is 11.1. The minimum absolute atomic E-state index is 0.136. The van der Waals surface area contributed by atoms with Crippen molar-refractivity contribution < 1.29 is 58.7 Å². The number of aliphatic hydroxyl groups excluding tert-OH is 3. The molecule has 1 saturated carbocycles. The van der Waals surface area contributed by atoms with Crippen LogP contribution in [-0.4, -0.2) is 166 Å². The number of hydrogen-bond donors (Lipinski definition) is 5. The Balaban J connectivity index is 1.88. The van der Waals surface area contributed by atoms with E-state index >= 15 is 0 Å². The molecule has 3 heterocycles. The second-order valence-corrected chi connectivity index (χ2v) is 19.7.